The van der Waals surface area contributed by atoms with Gasteiger partial charge in [0.25, 0.3) is 0 Å². The van der Waals surface area contributed by atoms with Gasteiger partial charge < -0.3 is 5.73 Å². The molecular formula is C11H26N2. The molecule has 2 heteroatoms. The first-order chi connectivity index (χ1) is 5.96. The van der Waals surface area contributed by atoms with E-state index in [2.05, 4.69) is 39.6 Å². The minimum absolute atomic E-state index is 0.185. The predicted octanol–water partition coefficient (Wildman–Crippen LogP) is 2.09. The lowest BCUT2D eigenvalue weighted by molar-refractivity contribution is 0.119. The van der Waals surface area contributed by atoms with Crippen LogP contribution in [0.4, 0.5) is 0 Å². The quantitative estimate of drug-likeness (QED) is 0.688. The van der Waals surface area contributed by atoms with Crippen molar-refractivity contribution in [3.05, 3.63) is 0 Å². The molecule has 0 saturated heterocycles. The van der Waals surface area contributed by atoms with Crippen LogP contribution in [0.15, 0.2) is 0 Å². The zero-order valence-corrected chi connectivity index (χ0v) is 9.93. The summed E-state index contributed by atoms with van der Waals surface area (Å²) in [7, 11) is 2.18. The fourth-order valence-corrected chi connectivity index (χ4v) is 1.88. The van der Waals surface area contributed by atoms with Crippen LogP contribution in [-0.4, -0.2) is 30.6 Å². The molecule has 0 radical (unpaired) electrons. The lowest BCUT2D eigenvalue weighted by Crippen LogP contribution is -2.50. The summed E-state index contributed by atoms with van der Waals surface area (Å²) in [6.07, 6.45) is 2.38. The molecule has 13 heavy (non-hydrogen) atoms. The SMILES string of the molecule is CCCN(C)C(C)(CN)CC(C)C. The molecule has 0 aliphatic rings. The van der Waals surface area contributed by atoms with Gasteiger partial charge in [-0.2, -0.15) is 0 Å². The summed E-state index contributed by atoms with van der Waals surface area (Å²) in [6.45, 7) is 10.9. The molecule has 2 N–H and O–H groups in total. The van der Waals surface area contributed by atoms with E-state index in [0.29, 0.717) is 5.92 Å². The molecule has 1 atom stereocenters. The Morgan fingerprint density at radius 3 is 2.23 bits per heavy atom. The van der Waals surface area contributed by atoms with E-state index in [4.69, 9.17) is 5.73 Å². The Morgan fingerprint density at radius 2 is 1.92 bits per heavy atom. The molecule has 80 valence electrons. The van der Waals surface area contributed by atoms with Gasteiger partial charge in [0.2, 0.25) is 0 Å². The Morgan fingerprint density at radius 1 is 1.38 bits per heavy atom. The van der Waals surface area contributed by atoms with Crippen molar-refractivity contribution in [3.8, 4) is 0 Å². The van der Waals surface area contributed by atoms with Crippen LogP contribution in [0.5, 0.6) is 0 Å². The van der Waals surface area contributed by atoms with Crippen molar-refractivity contribution in [1.29, 1.82) is 0 Å². The zero-order valence-electron chi connectivity index (χ0n) is 9.93. The van der Waals surface area contributed by atoms with Crippen molar-refractivity contribution in [3.63, 3.8) is 0 Å². The molecule has 0 bridgehead atoms. The molecule has 0 aliphatic heterocycles. The Bertz CT molecular complexity index is 134. The Hall–Kier alpha value is -0.0800. The van der Waals surface area contributed by atoms with Crippen LogP contribution < -0.4 is 5.73 Å². The van der Waals surface area contributed by atoms with Gasteiger partial charge in [0.15, 0.2) is 0 Å². The summed E-state index contributed by atoms with van der Waals surface area (Å²) < 4.78 is 0. The molecular weight excluding hydrogens is 160 g/mol. The van der Waals surface area contributed by atoms with Gasteiger partial charge in [-0.15, -0.1) is 0 Å². The maximum Gasteiger partial charge on any atom is 0.0303 e. The third-order valence-electron chi connectivity index (χ3n) is 2.77. The summed E-state index contributed by atoms with van der Waals surface area (Å²) in [5.74, 6) is 0.716. The zero-order chi connectivity index (χ0) is 10.5. The standard InChI is InChI=1S/C11H26N2/c1-6-7-13(5)11(4,9-12)8-10(2)3/h10H,6-9,12H2,1-5H3. The van der Waals surface area contributed by atoms with Crippen molar-refractivity contribution in [2.45, 2.75) is 46.1 Å². The van der Waals surface area contributed by atoms with Crippen LogP contribution in [0, 0.1) is 5.92 Å². The average Bonchev–Trinajstić information content (AvgIpc) is 2.03. The molecule has 0 heterocycles. The van der Waals surface area contributed by atoms with Gasteiger partial charge in [-0.25, -0.2) is 0 Å². The van der Waals surface area contributed by atoms with Gasteiger partial charge >= 0.3 is 0 Å². The summed E-state index contributed by atoms with van der Waals surface area (Å²) in [6, 6.07) is 0. The average molecular weight is 186 g/mol. The highest BCUT2D eigenvalue weighted by Crippen LogP contribution is 2.21. The predicted molar refractivity (Wildman–Crippen MR) is 59.8 cm³/mol. The maximum absolute atomic E-state index is 5.84. The minimum atomic E-state index is 0.185. The topological polar surface area (TPSA) is 29.3 Å². The number of nitrogens with two attached hydrogens (primary N) is 1. The van der Waals surface area contributed by atoms with E-state index in [1.165, 1.54) is 12.8 Å². The van der Waals surface area contributed by atoms with E-state index in [0.717, 1.165) is 13.1 Å². The van der Waals surface area contributed by atoms with Gasteiger partial charge in [0.1, 0.15) is 0 Å². The highest BCUT2D eigenvalue weighted by atomic mass is 15.2. The summed E-state index contributed by atoms with van der Waals surface area (Å²) in [5.41, 5.74) is 6.03. The van der Waals surface area contributed by atoms with E-state index < -0.39 is 0 Å². The smallest absolute Gasteiger partial charge is 0.0303 e. The molecule has 0 aromatic rings. The van der Waals surface area contributed by atoms with Gasteiger partial charge in [-0.05, 0) is 39.3 Å². The van der Waals surface area contributed by atoms with Crippen LogP contribution in [0.3, 0.4) is 0 Å². The van der Waals surface area contributed by atoms with Crippen LogP contribution in [0.2, 0.25) is 0 Å². The van der Waals surface area contributed by atoms with Gasteiger partial charge in [0.05, 0.1) is 0 Å². The molecule has 1 unspecified atom stereocenters. The minimum Gasteiger partial charge on any atom is -0.329 e. The number of rotatable bonds is 6. The normalized spacial score (nSPS) is 16.6. The number of hydrogen-bond donors (Lipinski definition) is 1. The van der Waals surface area contributed by atoms with Crippen LogP contribution in [0.25, 0.3) is 0 Å². The van der Waals surface area contributed by atoms with Crippen LogP contribution in [0.1, 0.15) is 40.5 Å². The first-order valence-electron chi connectivity index (χ1n) is 5.37. The maximum atomic E-state index is 5.84. The van der Waals surface area contributed by atoms with Crippen molar-refractivity contribution < 1.29 is 0 Å². The third kappa shape index (κ3) is 4.10. The van der Waals surface area contributed by atoms with Crippen LogP contribution in [-0.2, 0) is 0 Å². The molecule has 0 spiro atoms. The van der Waals surface area contributed by atoms with Gasteiger partial charge in [-0.3, -0.25) is 4.90 Å². The number of likely N-dealkylation sites (N-methyl/N-ethyl adjacent to an activating group) is 1. The van der Waals surface area contributed by atoms with E-state index in [9.17, 15) is 0 Å². The summed E-state index contributed by atoms with van der Waals surface area (Å²) >= 11 is 0. The van der Waals surface area contributed by atoms with E-state index in [-0.39, 0.29) is 5.54 Å². The monoisotopic (exact) mass is 186 g/mol. The molecule has 0 rings (SSSR count). The van der Waals surface area contributed by atoms with Crippen LogP contribution >= 0.6 is 0 Å². The molecule has 0 amide bonds. The first-order valence-corrected chi connectivity index (χ1v) is 5.37. The van der Waals surface area contributed by atoms with E-state index in [1.54, 1.807) is 0 Å². The van der Waals surface area contributed by atoms with Gasteiger partial charge in [0, 0.05) is 12.1 Å². The Kier molecular flexibility index (Phi) is 5.57. The first kappa shape index (κ1) is 12.9. The highest BCUT2D eigenvalue weighted by Gasteiger charge is 2.27. The second-order valence-corrected chi connectivity index (χ2v) is 4.72. The number of nitrogens with zero attached hydrogens (tertiary/aromatic N) is 1. The van der Waals surface area contributed by atoms with Crippen molar-refractivity contribution in [2.75, 3.05) is 20.1 Å². The molecule has 0 aromatic carbocycles. The molecule has 2 nitrogen and oxygen atoms in total. The van der Waals surface area contributed by atoms with Crippen molar-refractivity contribution in [2.24, 2.45) is 11.7 Å². The molecule has 0 aliphatic carbocycles. The third-order valence-corrected chi connectivity index (χ3v) is 2.77. The van der Waals surface area contributed by atoms with E-state index >= 15 is 0 Å². The van der Waals surface area contributed by atoms with Crippen molar-refractivity contribution >= 4 is 0 Å². The Balaban J connectivity index is 4.24. The largest absolute Gasteiger partial charge is 0.329 e. The lowest BCUT2D eigenvalue weighted by Gasteiger charge is -2.39. The Labute approximate surface area is 83.5 Å². The lowest BCUT2D eigenvalue weighted by atomic mass is 9.89. The van der Waals surface area contributed by atoms with Gasteiger partial charge in [-0.1, -0.05) is 20.8 Å². The fourth-order valence-electron chi connectivity index (χ4n) is 1.88. The molecule has 0 saturated carbocycles. The molecule has 0 aromatic heterocycles. The fraction of sp³-hybridized carbons (Fsp3) is 1.00. The van der Waals surface area contributed by atoms with E-state index in [1.807, 2.05) is 0 Å². The van der Waals surface area contributed by atoms with Crippen molar-refractivity contribution in [1.82, 2.24) is 4.90 Å². The summed E-state index contributed by atoms with van der Waals surface area (Å²) in [5, 5.41) is 0. The second kappa shape index (κ2) is 5.61. The molecule has 0 fully saturated rings. The second-order valence-electron chi connectivity index (χ2n) is 4.72. The number of hydrogen-bond acceptors (Lipinski definition) is 2. The summed E-state index contributed by atoms with van der Waals surface area (Å²) in [4.78, 5) is 2.40. The highest BCUT2D eigenvalue weighted by molar-refractivity contribution is 4.86.